The fraction of sp³-hybridized carbons (Fsp3) is 0.235. The van der Waals surface area contributed by atoms with Crippen LogP contribution in [0.5, 0.6) is 0 Å². The molecule has 0 aromatic heterocycles. The van der Waals surface area contributed by atoms with Gasteiger partial charge in [-0.1, -0.05) is 13.8 Å². The molecular weight excluding hydrogens is 267 g/mol. The van der Waals surface area contributed by atoms with Crippen LogP contribution in [0.15, 0.2) is 36.4 Å². The van der Waals surface area contributed by atoms with Gasteiger partial charge < -0.3 is 11.1 Å². The van der Waals surface area contributed by atoms with Crippen LogP contribution in [-0.2, 0) is 6.42 Å². The van der Waals surface area contributed by atoms with Crippen molar-refractivity contribution in [3.63, 3.8) is 0 Å². The third kappa shape index (κ3) is 2.37. The third-order valence-corrected chi connectivity index (χ3v) is 3.89. The largest absolute Gasteiger partial charge is 0.397 e. The molecule has 0 aliphatic heterocycles. The summed E-state index contributed by atoms with van der Waals surface area (Å²) in [6.45, 7) is 3.92. The van der Waals surface area contributed by atoms with E-state index in [2.05, 4.69) is 5.32 Å². The Morgan fingerprint density at radius 3 is 2.67 bits per heavy atom. The van der Waals surface area contributed by atoms with E-state index in [0.29, 0.717) is 11.4 Å². The van der Waals surface area contributed by atoms with Crippen molar-refractivity contribution in [2.75, 3.05) is 11.1 Å². The number of carbonyl (C=O) groups excluding carboxylic acids is 1. The SMILES string of the molecule is CC1(C)Cc2cc(Nc3ccc(F)cc3N)ccc2C1=O. The maximum Gasteiger partial charge on any atom is 0.169 e. The summed E-state index contributed by atoms with van der Waals surface area (Å²) >= 11 is 0. The van der Waals surface area contributed by atoms with E-state index in [1.165, 1.54) is 12.1 Å². The number of nitrogens with two attached hydrogens (primary N) is 1. The quantitative estimate of drug-likeness (QED) is 0.822. The number of Topliss-reactive ketones (excluding diaryl/α,β-unsaturated/α-hetero) is 1. The Morgan fingerprint density at radius 1 is 1.19 bits per heavy atom. The summed E-state index contributed by atoms with van der Waals surface area (Å²) in [6, 6.07) is 9.90. The molecule has 0 bridgehead atoms. The number of carbonyl (C=O) groups is 1. The van der Waals surface area contributed by atoms with Crippen LogP contribution in [0.25, 0.3) is 0 Å². The number of hydrogen-bond donors (Lipinski definition) is 2. The van der Waals surface area contributed by atoms with Crippen LogP contribution in [0.1, 0.15) is 29.8 Å². The Morgan fingerprint density at radius 2 is 1.95 bits per heavy atom. The van der Waals surface area contributed by atoms with Gasteiger partial charge in [0.2, 0.25) is 0 Å². The minimum atomic E-state index is -0.362. The molecule has 108 valence electrons. The molecular formula is C17H17FN2O. The van der Waals surface area contributed by atoms with Gasteiger partial charge in [-0.25, -0.2) is 4.39 Å². The summed E-state index contributed by atoms with van der Waals surface area (Å²) in [4.78, 5) is 12.2. The molecule has 1 aliphatic carbocycles. The smallest absolute Gasteiger partial charge is 0.169 e. The zero-order chi connectivity index (χ0) is 15.2. The highest BCUT2D eigenvalue weighted by Gasteiger charge is 2.37. The lowest BCUT2D eigenvalue weighted by molar-refractivity contribution is 0.0863. The fourth-order valence-corrected chi connectivity index (χ4v) is 2.76. The summed E-state index contributed by atoms with van der Waals surface area (Å²) in [6.07, 6.45) is 0.732. The van der Waals surface area contributed by atoms with Gasteiger partial charge in [0.1, 0.15) is 5.82 Å². The van der Waals surface area contributed by atoms with Gasteiger partial charge in [0.05, 0.1) is 11.4 Å². The Hall–Kier alpha value is -2.36. The summed E-state index contributed by atoms with van der Waals surface area (Å²) < 4.78 is 13.0. The van der Waals surface area contributed by atoms with E-state index in [0.717, 1.165) is 23.2 Å². The molecule has 0 unspecified atom stereocenters. The van der Waals surface area contributed by atoms with Crippen LogP contribution in [0.3, 0.4) is 0 Å². The Balaban J connectivity index is 1.91. The monoisotopic (exact) mass is 284 g/mol. The summed E-state index contributed by atoms with van der Waals surface area (Å²) in [5.74, 6) is -0.176. The van der Waals surface area contributed by atoms with Crippen LogP contribution in [0, 0.1) is 11.2 Å². The zero-order valence-corrected chi connectivity index (χ0v) is 12.0. The highest BCUT2D eigenvalue weighted by molar-refractivity contribution is 6.04. The van der Waals surface area contributed by atoms with Gasteiger partial charge in [-0.15, -0.1) is 0 Å². The summed E-state index contributed by atoms with van der Waals surface area (Å²) in [5, 5.41) is 3.17. The topological polar surface area (TPSA) is 55.1 Å². The van der Waals surface area contributed by atoms with Gasteiger partial charge in [0.15, 0.2) is 5.78 Å². The van der Waals surface area contributed by atoms with E-state index in [9.17, 15) is 9.18 Å². The normalized spacial score (nSPS) is 15.9. The minimum absolute atomic E-state index is 0.186. The van der Waals surface area contributed by atoms with E-state index in [4.69, 9.17) is 5.73 Å². The highest BCUT2D eigenvalue weighted by atomic mass is 19.1. The van der Waals surface area contributed by atoms with Crippen molar-refractivity contribution < 1.29 is 9.18 Å². The van der Waals surface area contributed by atoms with E-state index >= 15 is 0 Å². The van der Waals surface area contributed by atoms with Crippen LogP contribution in [-0.4, -0.2) is 5.78 Å². The lowest BCUT2D eigenvalue weighted by Gasteiger charge is -2.13. The highest BCUT2D eigenvalue weighted by Crippen LogP contribution is 2.37. The maximum atomic E-state index is 13.0. The first-order valence-corrected chi connectivity index (χ1v) is 6.86. The molecule has 0 fully saturated rings. The van der Waals surface area contributed by atoms with Crippen molar-refractivity contribution in [2.45, 2.75) is 20.3 Å². The van der Waals surface area contributed by atoms with Gasteiger partial charge in [-0.3, -0.25) is 4.79 Å². The standard InChI is InChI=1S/C17H17FN2O/c1-17(2)9-10-7-12(4-5-13(10)16(17)21)20-15-6-3-11(18)8-14(15)19/h3-8,20H,9,19H2,1-2H3. The predicted octanol–water partition coefficient (Wildman–Crippen LogP) is 3.92. The average molecular weight is 284 g/mol. The van der Waals surface area contributed by atoms with Crippen molar-refractivity contribution in [1.82, 2.24) is 0 Å². The number of hydrogen-bond acceptors (Lipinski definition) is 3. The molecule has 0 radical (unpaired) electrons. The number of nitrogen functional groups attached to an aromatic ring is 1. The average Bonchev–Trinajstić information content (AvgIpc) is 2.63. The van der Waals surface area contributed by atoms with Crippen LogP contribution in [0.2, 0.25) is 0 Å². The second-order valence-electron chi connectivity index (χ2n) is 6.12. The number of benzene rings is 2. The van der Waals surface area contributed by atoms with Crippen molar-refractivity contribution in [2.24, 2.45) is 5.41 Å². The molecule has 3 N–H and O–H groups in total. The molecule has 0 saturated heterocycles. The van der Waals surface area contributed by atoms with Gasteiger partial charge in [0, 0.05) is 16.7 Å². The number of ketones is 1. The number of nitrogens with one attached hydrogen (secondary N) is 1. The van der Waals surface area contributed by atoms with Crippen LogP contribution in [0.4, 0.5) is 21.5 Å². The van der Waals surface area contributed by atoms with E-state index < -0.39 is 0 Å². The van der Waals surface area contributed by atoms with Gasteiger partial charge in [0.25, 0.3) is 0 Å². The molecule has 4 heteroatoms. The fourth-order valence-electron chi connectivity index (χ4n) is 2.76. The first-order valence-electron chi connectivity index (χ1n) is 6.86. The van der Waals surface area contributed by atoms with Gasteiger partial charge in [-0.05, 0) is 48.4 Å². The van der Waals surface area contributed by atoms with Crippen molar-refractivity contribution in [1.29, 1.82) is 0 Å². The summed E-state index contributed by atoms with van der Waals surface area (Å²) in [7, 11) is 0. The minimum Gasteiger partial charge on any atom is -0.397 e. The molecule has 1 aliphatic rings. The number of rotatable bonds is 2. The molecule has 3 rings (SSSR count). The van der Waals surface area contributed by atoms with E-state index in [1.807, 2.05) is 32.0 Å². The predicted molar refractivity (Wildman–Crippen MR) is 82.4 cm³/mol. The molecule has 0 amide bonds. The van der Waals surface area contributed by atoms with Crippen molar-refractivity contribution >= 4 is 22.8 Å². The lowest BCUT2D eigenvalue weighted by Crippen LogP contribution is -2.18. The van der Waals surface area contributed by atoms with Crippen LogP contribution >= 0.6 is 0 Å². The molecule has 2 aromatic rings. The molecule has 2 aromatic carbocycles. The zero-order valence-electron chi connectivity index (χ0n) is 12.0. The molecule has 3 nitrogen and oxygen atoms in total. The number of anilines is 3. The molecule has 21 heavy (non-hydrogen) atoms. The first-order chi connectivity index (χ1) is 9.87. The summed E-state index contributed by atoms with van der Waals surface area (Å²) in [5.41, 5.74) is 9.13. The maximum absolute atomic E-state index is 13.0. The van der Waals surface area contributed by atoms with Crippen molar-refractivity contribution in [3.8, 4) is 0 Å². The number of halogens is 1. The van der Waals surface area contributed by atoms with E-state index in [-0.39, 0.29) is 17.0 Å². The molecule has 0 spiro atoms. The second-order valence-corrected chi connectivity index (χ2v) is 6.12. The number of fused-ring (bicyclic) bond motifs is 1. The lowest BCUT2D eigenvalue weighted by atomic mass is 9.89. The van der Waals surface area contributed by atoms with E-state index in [1.54, 1.807) is 6.07 Å². The van der Waals surface area contributed by atoms with Gasteiger partial charge >= 0.3 is 0 Å². The first kappa shape index (κ1) is 13.6. The molecule has 0 atom stereocenters. The van der Waals surface area contributed by atoms with Crippen LogP contribution < -0.4 is 11.1 Å². The third-order valence-electron chi connectivity index (χ3n) is 3.89. The Bertz CT molecular complexity index is 738. The molecule has 0 saturated carbocycles. The van der Waals surface area contributed by atoms with Gasteiger partial charge in [-0.2, -0.15) is 0 Å². The molecule has 0 heterocycles. The van der Waals surface area contributed by atoms with Crippen molar-refractivity contribution in [3.05, 3.63) is 53.3 Å². The Kier molecular flexibility index (Phi) is 2.97. The second kappa shape index (κ2) is 4.58. The Labute approximate surface area is 123 Å².